The first-order chi connectivity index (χ1) is 5.54. The van der Waals surface area contributed by atoms with Crippen LogP contribution < -0.4 is 0 Å². The van der Waals surface area contributed by atoms with Crippen molar-refractivity contribution in [2.45, 2.75) is 12.7 Å². The fourth-order valence-electron chi connectivity index (χ4n) is 0.602. The molecular formula is C6H4F4N2. The third kappa shape index (κ3) is 1.96. The number of nitrogens with zero attached hydrogens (tertiary/aromatic N) is 2. The third-order valence-electron chi connectivity index (χ3n) is 1.10. The van der Waals surface area contributed by atoms with Gasteiger partial charge in [-0.3, -0.25) is 4.68 Å². The van der Waals surface area contributed by atoms with Gasteiger partial charge in [-0.15, -0.1) is 0 Å². The minimum absolute atomic E-state index is 0.230. The van der Waals surface area contributed by atoms with Crippen molar-refractivity contribution in [3.63, 3.8) is 0 Å². The smallest absolute Gasteiger partial charge is 0.259 e. The van der Waals surface area contributed by atoms with Crippen molar-refractivity contribution in [1.29, 1.82) is 0 Å². The highest BCUT2D eigenvalue weighted by atomic mass is 19.4. The molecule has 0 N–H and O–H groups in total. The molecule has 0 amide bonds. The van der Waals surface area contributed by atoms with E-state index in [9.17, 15) is 17.6 Å². The molecule has 0 unspecified atom stereocenters. The Kier molecular flexibility index (Phi) is 2.35. The van der Waals surface area contributed by atoms with Crippen molar-refractivity contribution in [2.75, 3.05) is 6.67 Å². The average Bonchev–Trinajstić information content (AvgIpc) is 2.35. The molecule has 0 bridgehead atoms. The van der Waals surface area contributed by atoms with Crippen LogP contribution in [0.4, 0.5) is 17.6 Å². The Hall–Kier alpha value is -1.07. The van der Waals surface area contributed by atoms with Crippen LogP contribution in [0.2, 0.25) is 0 Å². The molecule has 0 atom stereocenters. The minimum Gasteiger partial charge on any atom is -0.259 e. The molecule has 0 saturated heterocycles. The van der Waals surface area contributed by atoms with Gasteiger partial charge in [-0.25, -0.2) is 4.39 Å². The van der Waals surface area contributed by atoms with Crippen molar-refractivity contribution in [2.24, 2.45) is 0 Å². The predicted octanol–water partition coefficient (Wildman–Crippen LogP) is 1.47. The van der Waals surface area contributed by atoms with Gasteiger partial charge in [-0.1, -0.05) is 0 Å². The van der Waals surface area contributed by atoms with Gasteiger partial charge in [0.2, 0.25) is 0 Å². The quantitative estimate of drug-likeness (QED) is 0.630. The van der Waals surface area contributed by atoms with Crippen molar-refractivity contribution in [3.05, 3.63) is 18.0 Å². The SMILES string of the molecule is FCCn1[c]c(C(F)(F)F)[c]n1. The van der Waals surface area contributed by atoms with E-state index < -0.39 is 18.4 Å². The summed E-state index contributed by atoms with van der Waals surface area (Å²) in [6.45, 7) is -1.00. The summed E-state index contributed by atoms with van der Waals surface area (Å²) < 4.78 is 47.8. The lowest BCUT2D eigenvalue weighted by Crippen LogP contribution is -2.04. The molecule has 6 heteroatoms. The maximum absolute atomic E-state index is 11.8. The fourth-order valence-corrected chi connectivity index (χ4v) is 0.602. The first-order valence-corrected chi connectivity index (χ1v) is 3.05. The van der Waals surface area contributed by atoms with Crippen LogP contribution in [0.15, 0.2) is 0 Å². The van der Waals surface area contributed by atoms with E-state index >= 15 is 0 Å². The summed E-state index contributed by atoms with van der Waals surface area (Å²) >= 11 is 0. The molecule has 0 fully saturated rings. The second-order valence-corrected chi connectivity index (χ2v) is 2.01. The Bertz CT molecular complexity index is 252. The number of aryl methyl sites for hydroxylation is 1. The van der Waals surface area contributed by atoms with Crippen LogP contribution in [0, 0.1) is 12.4 Å². The molecule has 0 aliphatic carbocycles. The topological polar surface area (TPSA) is 17.8 Å². The van der Waals surface area contributed by atoms with Gasteiger partial charge >= 0.3 is 6.18 Å². The first kappa shape index (κ1) is 9.02. The number of halogens is 4. The summed E-state index contributed by atoms with van der Waals surface area (Å²) in [6.07, 6.45) is -0.970. The summed E-state index contributed by atoms with van der Waals surface area (Å²) in [5, 5.41) is 3.15. The van der Waals surface area contributed by atoms with Crippen molar-refractivity contribution in [3.8, 4) is 0 Å². The average molecular weight is 180 g/mol. The summed E-state index contributed by atoms with van der Waals surface area (Å²) in [4.78, 5) is 0. The molecule has 2 nitrogen and oxygen atoms in total. The lowest BCUT2D eigenvalue weighted by molar-refractivity contribution is -0.138. The molecular weight excluding hydrogens is 176 g/mol. The molecule has 1 heterocycles. The van der Waals surface area contributed by atoms with Gasteiger partial charge in [0.1, 0.15) is 24.6 Å². The molecule has 1 aromatic heterocycles. The van der Waals surface area contributed by atoms with Crippen LogP contribution in [0.3, 0.4) is 0 Å². The molecule has 1 aromatic rings. The summed E-state index contributed by atoms with van der Waals surface area (Å²) in [7, 11) is 0. The van der Waals surface area contributed by atoms with Gasteiger partial charge in [0.15, 0.2) is 0 Å². The zero-order valence-corrected chi connectivity index (χ0v) is 5.82. The Morgan fingerprint density at radius 3 is 2.50 bits per heavy atom. The van der Waals surface area contributed by atoms with Crippen molar-refractivity contribution >= 4 is 0 Å². The van der Waals surface area contributed by atoms with E-state index in [4.69, 9.17) is 0 Å². The maximum Gasteiger partial charge on any atom is 0.420 e. The van der Waals surface area contributed by atoms with Crippen LogP contribution in [0.1, 0.15) is 5.56 Å². The molecule has 0 spiro atoms. The Balaban J connectivity index is 2.77. The second kappa shape index (κ2) is 3.12. The summed E-state index contributed by atoms with van der Waals surface area (Å²) in [5.74, 6) is 0. The summed E-state index contributed by atoms with van der Waals surface area (Å²) in [5.41, 5.74) is -1.10. The minimum atomic E-state index is -4.51. The molecule has 0 aliphatic heterocycles. The molecule has 0 saturated carbocycles. The van der Waals surface area contributed by atoms with E-state index in [-0.39, 0.29) is 6.54 Å². The Morgan fingerprint density at radius 1 is 1.42 bits per heavy atom. The molecule has 2 radical (unpaired) electrons. The monoisotopic (exact) mass is 180 g/mol. The van der Waals surface area contributed by atoms with E-state index in [2.05, 4.69) is 5.10 Å². The van der Waals surface area contributed by atoms with Crippen LogP contribution >= 0.6 is 0 Å². The third-order valence-corrected chi connectivity index (χ3v) is 1.10. The Morgan fingerprint density at radius 2 is 2.08 bits per heavy atom. The van der Waals surface area contributed by atoms with Gasteiger partial charge in [0, 0.05) is 0 Å². The highest BCUT2D eigenvalue weighted by molar-refractivity contribution is 5.04. The van der Waals surface area contributed by atoms with E-state index in [1.807, 2.05) is 6.20 Å². The second-order valence-electron chi connectivity index (χ2n) is 2.01. The first-order valence-electron chi connectivity index (χ1n) is 3.05. The van der Waals surface area contributed by atoms with Gasteiger partial charge in [0.25, 0.3) is 0 Å². The number of alkyl halides is 4. The molecule has 0 aromatic carbocycles. The van der Waals surface area contributed by atoms with Gasteiger partial charge in [-0.05, 0) is 0 Å². The van der Waals surface area contributed by atoms with Gasteiger partial charge in [-0.2, -0.15) is 18.3 Å². The van der Waals surface area contributed by atoms with Crippen LogP contribution in [0.25, 0.3) is 0 Å². The predicted molar refractivity (Wildman–Crippen MR) is 30.9 cm³/mol. The van der Waals surface area contributed by atoms with Crippen LogP contribution in [0.5, 0.6) is 0 Å². The van der Waals surface area contributed by atoms with E-state index in [0.717, 1.165) is 4.68 Å². The van der Waals surface area contributed by atoms with Crippen molar-refractivity contribution in [1.82, 2.24) is 9.78 Å². The van der Waals surface area contributed by atoms with Gasteiger partial charge < -0.3 is 0 Å². The normalized spacial score (nSPS) is 12.0. The highest BCUT2D eigenvalue weighted by Crippen LogP contribution is 2.27. The standard InChI is InChI=1S/C6H4F4N2/c7-1-2-12-4-5(3-11-12)6(8,9)10/h1-2H2. The van der Waals surface area contributed by atoms with Gasteiger partial charge in [0.05, 0.1) is 6.54 Å². The lowest BCUT2D eigenvalue weighted by Gasteiger charge is -1.99. The number of hydrogen-bond acceptors (Lipinski definition) is 1. The van der Waals surface area contributed by atoms with Crippen molar-refractivity contribution < 1.29 is 17.6 Å². The fraction of sp³-hybridized carbons (Fsp3) is 0.500. The molecule has 66 valence electrons. The highest BCUT2D eigenvalue weighted by Gasteiger charge is 2.33. The number of aromatic nitrogens is 2. The summed E-state index contributed by atoms with van der Waals surface area (Å²) in [6, 6.07) is 0. The van der Waals surface area contributed by atoms with E-state index in [1.165, 1.54) is 0 Å². The number of hydrogen-bond donors (Lipinski definition) is 0. The number of rotatable bonds is 2. The van der Waals surface area contributed by atoms with Crippen LogP contribution in [-0.4, -0.2) is 16.5 Å². The Labute approximate surface area is 65.8 Å². The van der Waals surface area contributed by atoms with E-state index in [0.29, 0.717) is 0 Å². The maximum atomic E-state index is 11.8. The van der Waals surface area contributed by atoms with E-state index in [1.54, 1.807) is 6.20 Å². The molecule has 0 aliphatic rings. The zero-order chi connectivity index (χ0) is 9.19. The largest absolute Gasteiger partial charge is 0.420 e. The zero-order valence-electron chi connectivity index (χ0n) is 5.82. The molecule has 12 heavy (non-hydrogen) atoms. The lowest BCUT2D eigenvalue weighted by atomic mass is 10.4. The molecule has 1 rings (SSSR count). The van der Waals surface area contributed by atoms with Crippen LogP contribution in [-0.2, 0) is 12.7 Å².